The van der Waals surface area contributed by atoms with E-state index in [1.54, 1.807) is 0 Å². The van der Waals surface area contributed by atoms with Crippen LogP contribution in [0.15, 0.2) is 0 Å². The van der Waals surface area contributed by atoms with Crippen LogP contribution >= 0.6 is 0 Å². The first-order valence-corrected chi connectivity index (χ1v) is 6.72. The summed E-state index contributed by atoms with van der Waals surface area (Å²) in [6.07, 6.45) is 9.67. The zero-order chi connectivity index (χ0) is 11.1. The van der Waals surface area contributed by atoms with E-state index >= 15 is 0 Å². The van der Waals surface area contributed by atoms with Crippen LogP contribution in [-0.4, -0.2) is 18.6 Å². The first kappa shape index (κ1) is 13.0. The third-order valence-electron chi connectivity index (χ3n) is 3.76. The van der Waals surface area contributed by atoms with Gasteiger partial charge in [0.15, 0.2) is 0 Å². The third kappa shape index (κ3) is 4.98. The van der Waals surface area contributed by atoms with Crippen molar-refractivity contribution in [1.29, 1.82) is 0 Å². The average Bonchev–Trinajstić information content (AvgIpc) is 2.29. The largest absolute Gasteiger partial charge is 0.329 e. The van der Waals surface area contributed by atoms with E-state index in [4.69, 9.17) is 5.73 Å². The van der Waals surface area contributed by atoms with Gasteiger partial charge in [-0.05, 0) is 25.7 Å². The number of rotatable bonds is 6. The molecule has 0 aromatic heterocycles. The Bertz CT molecular complexity index is 153. The van der Waals surface area contributed by atoms with E-state index in [-0.39, 0.29) is 0 Å². The van der Waals surface area contributed by atoms with E-state index in [9.17, 15) is 0 Å². The van der Waals surface area contributed by atoms with E-state index in [0.29, 0.717) is 12.1 Å². The van der Waals surface area contributed by atoms with E-state index in [1.165, 1.54) is 44.9 Å². The molecule has 3 N–H and O–H groups in total. The van der Waals surface area contributed by atoms with Crippen molar-refractivity contribution in [3.8, 4) is 0 Å². The lowest BCUT2D eigenvalue weighted by Gasteiger charge is -2.28. The Kier molecular flexibility index (Phi) is 6.26. The van der Waals surface area contributed by atoms with Crippen molar-refractivity contribution in [2.45, 2.75) is 70.9 Å². The molecule has 90 valence electrons. The molecular formula is C13H28N2. The van der Waals surface area contributed by atoms with E-state index in [2.05, 4.69) is 19.2 Å². The van der Waals surface area contributed by atoms with Crippen molar-refractivity contribution in [2.24, 2.45) is 11.7 Å². The van der Waals surface area contributed by atoms with Crippen molar-refractivity contribution >= 4 is 0 Å². The first-order valence-electron chi connectivity index (χ1n) is 6.72. The predicted molar refractivity (Wildman–Crippen MR) is 66.9 cm³/mol. The van der Waals surface area contributed by atoms with Crippen LogP contribution in [0.5, 0.6) is 0 Å². The standard InChI is InChI=1S/C13H28N2/c1-3-11(2)15-13(10-14)9-12-7-5-4-6-8-12/h11-13,15H,3-10,14H2,1-2H3. The molecule has 15 heavy (non-hydrogen) atoms. The maximum Gasteiger partial charge on any atom is 0.0195 e. The van der Waals surface area contributed by atoms with Gasteiger partial charge in [-0.1, -0.05) is 39.0 Å². The highest BCUT2D eigenvalue weighted by molar-refractivity contribution is 4.77. The summed E-state index contributed by atoms with van der Waals surface area (Å²) in [6, 6.07) is 1.16. The highest BCUT2D eigenvalue weighted by Gasteiger charge is 2.18. The van der Waals surface area contributed by atoms with Gasteiger partial charge in [-0.2, -0.15) is 0 Å². The van der Waals surface area contributed by atoms with Gasteiger partial charge in [0.1, 0.15) is 0 Å². The summed E-state index contributed by atoms with van der Waals surface area (Å²) in [5.41, 5.74) is 5.83. The lowest BCUT2D eigenvalue weighted by atomic mass is 9.84. The van der Waals surface area contributed by atoms with Crippen LogP contribution in [0.1, 0.15) is 58.8 Å². The Hall–Kier alpha value is -0.0800. The van der Waals surface area contributed by atoms with Gasteiger partial charge < -0.3 is 11.1 Å². The van der Waals surface area contributed by atoms with Crippen LogP contribution in [0.4, 0.5) is 0 Å². The molecule has 0 radical (unpaired) electrons. The minimum atomic E-state index is 0.544. The first-order chi connectivity index (χ1) is 7.26. The molecule has 0 aromatic rings. The van der Waals surface area contributed by atoms with Crippen molar-refractivity contribution < 1.29 is 0 Å². The second kappa shape index (κ2) is 7.24. The van der Waals surface area contributed by atoms with Gasteiger partial charge in [0, 0.05) is 18.6 Å². The Morgan fingerprint density at radius 3 is 2.47 bits per heavy atom. The van der Waals surface area contributed by atoms with E-state index in [1.807, 2.05) is 0 Å². The fourth-order valence-electron chi connectivity index (χ4n) is 2.58. The van der Waals surface area contributed by atoms with Gasteiger partial charge in [0.2, 0.25) is 0 Å². The SMILES string of the molecule is CCC(C)NC(CN)CC1CCCCC1. The topological polar surface area (TPSA) is 38.0 Å². The monoisotopic (exact) mass is 212 g/mol. The molecule has 0 aliphatic heterocycles. The summed E-state index contributed by atoms with van der Waals surface area (Å²) < 4.78 is 0. The fourth-order valence-corrected chi connectivity index (χ4v) is 2.58. The maximum absolute atomic E-state index is 5.83. The van der Waals surface area contributed by atoms with Gasteiger partial charge in [-0.3, -0.25) is 0 Å². The number of hydrogen-bond acceptors (Lipinski definition) is 2. The summed E-state index contributed by atoms with van der Waals surface area (Å²) in [5.74, 6) is 0.934. The van der Waals surface area contributed by atoms with Gasteiger partial charge >= 0.3 is 0 Å². The van der Waals surface area contributed by atoms with Crippen LogP contribution in [0, 0.1) is 5.92 Å². The molecule has 1 aliphatic carbocycles. The zero-order valence-corrected chi connectivity index (χ0v) is 10.5. The molecule has 1 fully saturated rings. The molecule has 0 amide bonds. The molecule has 1 rings (SSSR count). The zero-order valence-electron chi connectivity index (χ0n) is 10.5. The Morgan fingerprint density at radius 1 is 1.27 bits per heavy atom. The Labute approximate surface area is 95.0 Å². The summed E-state index contributed by atoms with van der Waals surface area (Å²) in [4.78, 5) is 0. The fraction of sp³-hybridized carbons (Fsp3) is 1.00. The maximum atomic E-state index is 5.83. The summed E-state index contributed by atoms with van der Waals surface area (Å²) in [5, 5.41) is 3.64. The van der Waals surface area contributed by atoms with E-state index < -0.39 is 0 Å². The second-order valence-corrected chi connectivity index (χ2v) is 5.15. The van der Waals surface area contributed by atoms with Crippen LogP contribution in [0.2, 0.25) is 0 Å². The predicted octanol–water partition coefficient (Wildman–Crippen LogP) is 2.67. The molecule has 1 saturated carbocycles. The normalized spacial score (nSPS) is 22.6. The van der Waals surface area contributed by atoms with Gasteiger partial charge in [-0.15, -0.1) is 0 Å². The van der Waals surface area contributed by atoms with Gasteiger partial charge in [0.25, 0.3) is 0 Å². The lowest BCUT2D eigenvalue weighted by Crippen LogP contribution is -2.42. The third-order valence-corrected chi connectivity index (χ3v) is 3.76. The summed E-state index contributed by atoms with van der Waals surface area (Å²) in [7, 11) is 0. The van der Waals surface area contributed by atoms with Crippen molar-refractivity contribution in [3.63, 3.8) is 0 Å². The molecule has 0 spiro atoms. The van der Waals surface area contributed by atoms with E-state index in [0.717, 1.165) is 12.5 Å². The molecule has 0 saturated heterocycles. The highest BCUT2D eigenvalue weighted by atomic mass is 15.0. The number of hydrogen-bond donors (Lipinski definition) is 2. The molecule has 0 aromatic carbocycles. The molecule has 2 nitrogen and oxygen atoms in total. The Morgan fingerprint density at radius 2 is 1.93 bits per heavy atom. The van der Waals surface area contributed by atoms with Crippen LogP contribution in [0.3, 0.4) is 0 Å². The molecule has 2 atom stereocenters. The summed E-state index contributed by atoms with van der Waals surface area (Å²) in [6.45, 7) is 5.27. The summed E-state index contributed by atoms with van der Waals surface area (Å²) >= 11 is 0. The molecule has 0 bridgehead atoms. The number of nitrogens with one attached hydrogen (secondary N) is 1. The van der Waals surface area contributed by atoms with Crippen molar-refractivity contribution in [3.05, 3.63) is 0 Å². The smallest absolute Gasteiger partial charge is 0.0195 e. The minimum Gasteiger partial charge on any atom is -0.329 e. The number of nitrogens with two attached hydrogens (primary N) is 1. The van der Waals surface area contributed by atoms with Crippen molar-refractivity contribution in [1.82, 2.24) is 5.32 Å². The lowest BCUT2D eigenvalue weighted by molar-refractivity contribution is 0.288. The average molecular weight is 212 g/mol. The van der Waals surface area contributed by atoms with Crippen LogP contribution in [-0.2, 0) is 0 Å². The van der Waals surface area contributed by atoms with Crippen molar-refractivity contribution in [2.75, 3.05) is 6.54 Å². The molecule has 2 unspecified atom stereocenters. The molecule has 2 heteroatoms. The Balaban J connectivity index is 2.25. The van der Waals surface area contributed by atoms with Gasteiger partial charge in [-0.25, -0.2) is 0 Å². The van der Waals surface area contributed by atoms with Crippen LogP contribution < -0.4 is 11.1 Å². The minimum absolute atomic E-state index is 0.544. The second-order valence-electron chi connectivity index (χ2n) is 5.15. The van der Waals surface area contributed by atoms with Crippen LogP contribution in [0.25, 0.3) is 0 Å². The molecule has 0 heterocycles. The quantitative estimate of drug-likeness (QED) is 0.710. The van der Waals surface area contributed by atoms with Gasteiger partial charge in [0.05, 0.1) is 0 Å². The highest BCUT2D eigenvalue weighted by Crippen LogP contribution is 2.27. The molecular weight excluding hydrogens is 184 g/mol. The molecule has 1 aliphatic rings.